The number of rotatable bonds is 7. The van der Waals surface area contributed by atoms with Crippen LogP contribution in [0.25, 0.3) is 0 Å². The highest BCUT2D eigenvalue weighted by molar-refractivity contribution is 7.89. The molecule has 0 saturated carbocycles. The number of hydrogen-bond donors (Lipinski definition) is 1. The molecule has 0 fully saturated rings. The summed E-state index contributed by atoms with van der Waals surface area (Å²) in [6.45, 7) is 8.93. The first kappa shape index (κ1) is 16.1. The van der Waals surface area contributed by atoms with Gasteiger partial charge in [0.05, 0.1) is 6.33 Å². The summed E-state index contributed by atoms with van der Waals surface area (Å²) < 4.78 is 28.5. The van der Waals surface area contributed by atoms with Crippen LogP contribution in [0.1, 0.15) is 34.1 Å². The summed E-state index contributed by atoms with van der Waals surface area (Å²) in [4.78, 5) is 4.00. The predicted octanol–water partition coefficient (Wildman–Crippen LogP) is 1.04. The van der Waals surface area contributed by atoms with Gasteiger partial charge in [-0.3, -0.25) is 0 Å². The monoisotopic (exact) mass is 288 g/mol. The fourth-order valence-corrected chi connectivity index (χ4v) is 3.63. The third-order valence-corrected chi connectivity index (χ3v) is 5.13. The summed E-state index contributed by atoms with van der Waals surface area (Å²) in [6.07, 6.45) is 3.83. The molecule has 0 unspecified atom stereocenters. The SMILES string of the molecule is CCCN(C(C)(C)CN)S(=O)(=O)c1cn(CC)cn1. The highest BCUT2D eigenvalue weighted by atomic mass is 32.2. The van der Waals surface area contributed by atoms with Gasteiger partial charge < -0.3 is 10.3 Å². The molecule has 19 heavy (non-hydrogen) atoms. The van der Waals surface area contributed by atoms with Crippen LogP contribution in [0.4, 0.5) is 0 Å². The highest BCUT2D eigenvalue weighted by Gasteiger charge is 2.36. The van der Waals surface area contributed by atoms with E-state index in [1.54, 1.807) is 10.8 Å². The molecule has 110 valence electrons. The maximum Gasteiger partial charge on any atom is 0.262 e. The van der Waals surface area contributed by atoms with Gasteiger partial charge in [0.25, 0.3) is 10.0 Å². The largest absolute Gasteiger partial charge is 0.336 e. The molecule has 1 rings (SSSR count). The zero-order chi connectivity index (χ0) is 14.7. The van der Waals surface area contributed by atoms with Gasteiger partial charge in [-0.25, -0.2) is 13.4 Å². The van der Waals surface area contributed by atoms with Crippen LogP contribution in [-0.2, 0) is 16.6 Å². The van der Waals surface area contributed by atoms with Gasteiger partial charge in [-0.05, 0) is 27.2 Å². The molecule has 0 aliphatic rings. The van der Waals surface area contributed by atoms with E-state index < -0.39 is 15.6 Å². The maximum absolute atomic E-state index is 12.7. The minimum absolute atomic E-state index is 0.0873. The van der Waals surface area contributed by atoms with E-state index in [2.05, 4.69) is 4.98 Å². The van der Waals surface area contributed by atoms with Gasteiger partial charge in [0.1, 0.15) is 0 Å². The van der Waals surface area contributed by atoms with E-state index in [1.807, 2.05) is 27.7 Å². The quantitative estimate of drug-likeness (QED) is 0.813. The molecule has 0 amide bonds. The van der Waals surface area contributed by atoms with E-state index in [9.17, 15) is 8.42 Å². The average molecular weight is 288 g/mol. The average Bonchev–Trinajstić information content (AvgIpc) is 2.85. The van der Waals surface area contributed by atoms with E-state index in [-0.39, 0.29) is 11.6 Å². The molecule has 0 aromatic carbocycles. The minimum atomic E-state index is -3.60. The van der Waals surface area contributed by atoms with Gasteiger partial charge in [0, 0.05) is 31.4 Å². The van der Waals surface area contributed by atoms with Gasteiger partial charge in [-0.15, -0.1) is 0 Å². The number of hydrogen-bond acceptors (Lipinski definition) is 4. The van der Waals surface area contributed by atoms with E-state index >= 15 is 0 Å². The summed E-state index contributed by atoms with van der Waals surface area (Å²) in [7, 11) is -3.60. The summed E-state index contributed by atoms with van der Waals surface area (Å²) in [5, 5.41) is 0.0873. The van der Waals surface area contributed by atoms with Crippen molar-refractivity contribution in [2.45, 2.75) is 51.2 Å². The maximum atomic E-state index is 12.7. The molecule has 7 heteroatoms. The Bertz CT molecular complexity index is 508. The molecule has 0 atom stereocenters. The zero-order valence-corrected chi connectivity index (χ0v) is 12.9. The lowest BCUT2D eigenvalue weighted by atomic mass is 10.1. The molecular weight excluding hydrogens is 264 g/mol. The second-order valence-electron chi connectivity index (χ2n) is 5.14. The van der Waals surface area contributed by atoms with Crippen LogP contribution in [0.15, 0.2) is 17.6 Å². The van der Waals surface area contributed by atoms with Crippen LogP contribution in [0.3, 0.4) is 0 Å². The summed E-state index contributed by atoms with van der Waals surface area (Å²) >= 11 is 0. The molecule has 1 aromatic rings. The van der Waals surface area contributed by atoms with Crippen molar-refractivity contribution in [2.24, 2.45) is 5.73 Å². The van der Waals surface area contributed by atoms with E-state index in [1.165, 1.54) is 10.6 Å². The van der Waals surface area contributed by atoms with Crippen molar-refractivity contribution in [2.75, 3.05) is 13.1 Å². The van der Waals surface area contributed by atoms with Gasteiger partial charge in [-0.2, -0.15) is 4.31 Å². The number of nitrogens with two attached hydrogens (primary N) is 1. The van der Waals surface area contributed by atoms with Crippen molar-refractivity contribution in [3.8, 4) is 0 Å². The van der Waals surface area contributed by atoms with Crippen LogP contribution in [0, 0.1) is 0 Å². The van der Waals surface area contributed by atoms with Gasteiger partial charge >= 0.3 is 0 Å². The summed E-state index contributed by atoms with van der Waals surface area (Å²) in [6, 6.07) is 0. The normalized spacial score (nSPS) is 13.2. The van der Waals surface area contributed by atoms with Crippen LogP contribution in [0.2, 0.25) is 0 Å². The Balaban J connectivity index is 3.20. The molecule has 1 heterocycles. The summed E-state index contributed by atoms with van der Waals surface area (Å²) in [5.41, 5.74) is 5.09. The van der Waals surface area contributed by atoms with Crippen LogP contribution < -0.4 is 5.73 Å². The number of aryl methyl sites for hydroxylation is 1. The van der Waals surface area contributed by atoms with Crippen molar-refractivity contribution in [1.29, 1.82) is 0 Å². The van der Waals surface area contributed by atoms with Gasteiger partial charge in [-0.1, -0.05) is 6.92 Å². The molecule has 2 N–H and O–H groups in total. The molecule has 0 bridgehead atoms. The molecule has 0 spiro atoms. The number of aromatic nitrogens is 2. The fraction of sp³-hybridized carbons (Fsp3) is 0.750. The lowest BCUT2D eigenvalue weighted by molar-refractivity contribution is 0.234. The lowest BCUT2D eigenvalue weighted by Gasteiger charge is -2.35. The third kappa shape index (κ3) is 3.34. The Morgan fingerprint density at radius 1 is 1.42 bits per heavy atom. The topological polar surface area (TPSA) is 81.2 Å². The first-order chi connectivity index (χ1) is 8.79. The van der Waals surface area contributed by atoms with Crippen molar-refractivity contribution in [3.05, 3.63) is 12.5 Å². The van der Waals surface area contributed by atoms with Crippen molar-refractivity contribution >= 4 is 10.0 Å². The minimum Gasteiger partial charge on any atom is -0.336 e. The highest BCUT2D eigenvalue weighted by Crippen LogP contribution is 2.23. The standard InChI is InChI=1S/C12H24N4O2S/c1-5-7-16(12(3,4)9-13)19(17,18)11-8-15(6-2)10-14-11/h8,10H,5-7,9,13H2,1-4H3. The third-order valence-electron chi connectivity index (χ3n) is 3.13. The molecule has 6 nitrogen and oxygen atoms in total. The van der Waals surface area contributed by atoms with Crippen molar-refractivity contribution in [3.63, 3.8) is 0 Å². The first-order valence-corrected chi connectivity index (χ1v) is 7.98. The molecule has 0 aliphatic carbocycles. The second kappa shape index (κ2) is 6.02. The van der Waals surface area contributed by atoms with Crippen molar-refractivity contribution < 1.29 is 8.42 Å². The van der Waals surface area contributed by atoms with Gasteiger partial charge in [0.2, 0.25) is 0 Å². The summed E-state index contributed by atoms with van der Waals surface area (Å²) in [5.74, 6) is 0. The Morgan fingerprint density at radius 2 is 2.05 bits per heavy atom. The molecule has 0 saturated heterocycles. The molecule has 0 aliphatic heterocycles. The molecular formula is C12H24N4O2S. The molecule has 1 aromatic heterocycles. The zero-order valence-electron chi connectivity index (χ0n) is 12.1. The van der Waals surface area contributed by atoms with E-state index in [4.69, 9.17) is 5.73 Å². The Morgan fingerprint density at radius 3 is 2.47 bits per heavy atom. The smallest absolute Gasteiger partial charge is 0.262 e. The predicted molar refractivity (Wildman–Crippen MR) is 75.2 cm³/mol. The fourth-order valence-electron chi connectivity index (χ4n) is 1.81. The second-order valence-corrected chi connectivity index (χ2v) is 6.95. The Hall–Kier alpha value is -0.920. The Kier molecular flexibility index (Phi) is 5.11. The van der Waals surface area contributed by atoms with Gasteiger partial charge in [0.15, 0.2) is 5.03 Å². The van der Waals surface area contributed by atoms with E-state index in [0.29, 0.717) is 13.1 Å². The van der Waals surface area contributed by atoms with Crippen LogP contribution >= 0.6 is 0 Å². The Labute approximate surface area is 115 Å². The van der Waals surface area contributed by atoms with Crippen LogP contribution in [0.5, 0.6) is 0 Å². The number of sulfonamides is 1. The molecule has 0 radical (unpaired) electrons. The van der Waals surface area contributed by atoms with E-state index in [0.717, 1.165) is 6.42 Å². The van der Waals surface area contributed by atoms with Crippen molar-refractivity contribution in [1.82, 2.24) is 13.9 Å². The number of nitrogens with zero attached hydrogens (tertiary/aromatic N) is 3. The lowest BCUT2D eigenvalue weighted by Crippen LogP contribution is -2.52. The first-order valence-electron chi connectivity index (χ1n) is 6.54. The van der Waals surface area contributed by atoms with Crippen LogP contribution in [-0.4, -0.2) is 40.9 Å². The number of imidazole rings is 1.